The predicted molar refractivity (Wildman–Crippen MR) is 136 cm³/mol. The lowest BCUT2D eigenvalue weighted by Gasteiger charge is -2.12. The molecule has 0 aliphatic rings. The van der Waals surface area contributed by atoms with E-state index in [1.165, 1.54) is 0 Å². The van der Waals surface area contributed by atoms with E-state index in [4.69, 9.17) is 19.2 Å². The number of fused-ring (bicyclic) bond motifs is 1. The van der Waals surface area contributed by atoms with Crippen LogP contribution in [0.4, 0.5) is 0 Å². The first-order valence-corrected chi connectivity index (χ1v) is 11.7. The molecule has 35 heavy (non-hydrogen) atoms. The third-order valence-electron chi connectivity index (χ3n) is 5.75. The Bertz CT molecular complexity index is 1280. The van der Waals surface area contributed by atoms with E-state index in [1.807, 2.05) is 74.5 Å². The van der Waals surface area contributed by atoms with Gasteiger partial charge in [0.1, 0.15) is 29.7 Å². The number of ether oxygens (including phenoxy) is 3. The van der Waals surface area contributed by atoms with Crippen molar-refractivity contribution >= 4 is 16.9 Å². The van der Waals surface area contributed by atoms with Gasteiger partial charge in [-0.2, -0.15) is 0 Å². The number of nitrogens with one attached hydrogen (secondary N) is 1. The number of carbonyl (C=O) groups is 1. The average Bonchev–Trinajstić information content (AvgIpc) is 3.22. The lowest BCUT2D eigenvalue weighted by atomic mass is 10.1. The van der Waals surface area contributed by atoms with Crippen LogP contribution in [0.5, 0.6) is 17.2 Å². The minimum Gasteiger partial charge on any atom is -0.497 e. The molecule has 7 heteroatoms. The summed E-state index contributed by atoms with van der Waals surface area (Å²) < 4.78 is 19.0. The second kappa shape index (κ2) is 11.4. The van der Waals surface area contributed by atoms with Crippen molar-refractivity contribution in [1.29, 1.82) is 0 Å². The van der Waals surface area contributed by atoms with Crippen molar-refractivity contribution in [2.24, 2.45) is 0 Å². The predicted octanol–water partition coefficient (Wildman–Crippen LogP) is 4.48. The zero-order chi connectivity index (χ0) is 24.6. The highest BCUT2D eigenvalue weighted by molar-refractivity contribution is 5.78. The molecule has 0 saturated carbocycles. The van der Waals surface area contributed by atoms with Crippen molar-refractivity contribution in [1.82, 2.24) is 14.9 Å². The molecule has 1 heterocycles. The Morgan fingerprint density at radius 2 is 1.74 bits per heavy atom. The molecule has 3 aromatic carbocycles. The number of hydrogen-bond donors (Lipinski definition) is 1. The summed E-state index contributed by atoms with van der Waals surface area (Å²) >= 11 is 0. The van der Waals surface area contributed by atoms with E-state index in [9.17, 15) is 4.79 Å². The maximum absolute atomic E-state index is 12.3. The van der Waals surface area contributed by atoms with Gasteiger partial charge < -0.3 is 24.1 Å². The Labute approximate surface area is 205 Å². The number of rotatable bonds is 11. The van der Waals surface area contributed by atoms with E-state index in [0.29, 0.717) is 26.1 Å². The summed E-state index contributed by atoms with van der Waals surface area (Å²) in [6.07, 6.45) is 0.604. The van der Waals surface area contributed by atoms with Gasteiger partial charge >= 0.3 is 0 Å². The third-order valence-corrected chi connectivity index (χ3v) is 5.75. The molecular weight excluding hydrogens is 442 g/mol. The topological polar surface area (TPSA) is 74.6 Å². The molecule has 0 spiro atoms. The highest BCUT2D eigenvalue weighted by Gasteiger charge is 2.12. The number of para-hydroxylation sites is 2. The number of nitrogens with zero attached hydrogens (tertiary/aromatic N) is 2. The van der Waals surface area contributed by atoms with Crippen molar-refractivity contribution < 1.29 is 19.0 Å². The number of amides is 1. The highest BCUT2D eigenvalue weighted by Crippen LogP contribution is 2.20. The molecule has 182 valence electrons. The fourth-order valence-corrected chi connectivity index (χ4v) is 3.86. The first kappa shape index (κ1) is 24.1. The maximum atomic E-state index is 12.3. The van der Waals surface area contributed by atoms with Crippen LogP contribution in [0.1, 0.15) is 17.0 Å². The van der Waals surface area contributed by atoms with Gasteiger partial charge in [0, 0.05) is 13.0 Å². The lowest BCUT2D eigenvalue weighted by molar-refractivity contribution is -0.123. The van der Waals surface area contributed by atoms with E-state index in [2.05, 4.69) is 16.0 Å². The van der Waals surface area contributed by atoms with E-state index < -0.39 is 0 Å². The normalized spacial score (nSPS) is 10.8. The van der Waals surface area contributed by atoms with Gasteiger partial charge in [-0.05, 0) is 67.4 Å². The molecule has 0 fully saturated rings. The minimum atomic E-state index is -0.156. The van der Waals surface area contributed by atoms with Crippen LogP contribution in [0.15, 0.2) is 66.7 Å². The summed E-state index contributed by atoms with van der Waals surface area (Å²) in [6, 6.07) is 21.5. The highest BCUT2D eigenvalue weighted by atomic mass is 16.5. The van der Waals surface area contributed by atoms with Gasteiger partial charge in [-0.15, -0.1) is 0 Å². The summed E-state index contributed by atoms with van der Waals surface area (Å²) in [6.45, 7) is 5.56. The van der Waals surface area contributed by atoms with E-state index in [-0.39, 0.29) is 12.5 Å². The lowest BCUT2D eigenvalue weighted by Crippen LogP contribution is -2.31. The van der Waals surface area contributed by atoms with Gasteiger partial charge in [0.05, 0.1) is 24.7 Å². The van der Waals surface area contributed by atoms with Crippen molar-refractivity contribution in [3.8, 4) is 17.2 Å². The molecule has 7 nitrogen and oxygen atoms in total. The largest absolute Gasteiger partial charge is 0.497 e. The van der Waals surface area contributed by atoms with Gasteiger partial charge in [0.25, 0.3) is 5.91 Å². The van der Waals surface area contributed by atoms with Crippen LogP contribution in [-0.2, 0) is 17.8 Å². The Morgan fingerprint density at radius 1 is 0.971 bits per heavy atom. The van der Waals surface area contributed by atoms with Crippen LogP contribution >= 0.6 is 0 Å². The monoisotopic (exact) mass is 473 g/mol. The quantitative estimate of drug-likeness (QED) is 0.348. The molecule has 0 radical (unpaired) electrons. The number of benzene rings is 3. The Hall–Kier alpha value is -4.00. The molecule has 1 N–H and O–H groups in total. The summed E-state index contributed by atoms with van der Waals surface area (Å²) in [7, 11) is 1.64. The number of imidazole rings is 1. The Morgan fingerprint density at radius 3 is 2.54 bits per heavy atom. The third kappa shape index (κ3) is 6.32. The van der Waals surface area contributed by atoms with Gasteiger partial charge in [-0.1, -0.05) is 24.3 Å². The number of aromatic nitrogens is 2. The SMILES string of the molecule is COc1ccc(OCCn2c(CCNC(=O)COc3cc(C)ccc3C)nc3ccccc32)cc1. The van der Waals surface area contributed by atoms with Crippen molar-refractivity contribution in [3.05, 3.63) is 83.7 Å². The molecule has 4 rings (SSSR count). The van der Waals surface area contributed by atoms with Crippen LogP contribution in [0.2, 0.25) is 0 Å². The zero-order valence-electron chi connectivity index (χ0n) is 20.4. The molecule has 1 aromatic heterocycles. The zero-order valence-corrected chi connectivity index (χ0v) is 20.4. The number of aryl methyl sites for hydroxylation is 2. The molecule has 0 aliphatic carbocycles. The van der Waals surface area contributed by atoms with Crippen LogP contribution in [-0.4, -0.2) is 42.3 Å². The first-order valence-electron chi connectivity index (χ1n) is 11.7. The van der Waals surface area contributed by atoms with E-state index in [0.717, 1.165) is 45.2 Å². The fraction of sp³-hybridized carbons (Fsp3) is 0.286. The summed E-state index contributed by atoms with van der Waals surface area (Å²) in [5, 5.41) is 2.94. The Balaban J connectivity index is 1.33. The molecule has 0 saturated heterocycles. The van der Waals surface area contributed by atoms with Crippen molar-refractivity contribution in [2.45, 2.75) is 26.8 Å². The molecule has 0 atom stereocenters. The van der Waals surface area contributed by atoms with Gasteiger partial charge in [-0.25, -0.2) is 4.98 Å². The molecule has 4 aromatic rings. The molecular formula is C28H31N3O4. The minimum absolute atomic E-state index is 0.0174. The van der Waals surface area contributed by atoms with Crippen LogP contribution in [0, 0.1) is 13.8 Å². The van der Waals surface area contributed by atoms with E-state index >= 15 is 0 Å². The second-order valence-electron chi connectivity index (χ2n) is 8.35. The number of carbonyl (C=O) groups excluding carboxylic acids is 1. The van der Waals surface area contributed by atoms with Crippen molar-refractivity contribution in [2.75, 3.05) is 26.9 Å². The van der Waals surface area contributed by atoms with Crippen LogP contribution in [0.3, 0.4) is 0 Å². The van der Waals surface area contributed by atoms with Crippen molar-refractivity contribution in [3.63, 3.8) is 0 Å². The summed E-state index contributed by atoms with van der Waals surface area (Å²) in [5.41, 5.74) is 4.08. The fourth-order valence-electron chi connectivity index (χ4n) is 3.86. The molecule has 0 bridgehead atoms. The van der Waals surface area contributed by atoms with Gasteiger partial charge in [-0.3, -0.25) is 4.79 Å². The van der Waals surface area contributed by atoms with Crippen LogP contribution in [0.25, 0.3) is 11.0 Å². The Kier molecular flexibility index (Phi) is 7.88. The maximum Gasteiger partial charge on any atom is 0.257 e. The standard InChI is InChI=1S/C28H31N3O4/c1-20-8-9-21(2)26(18-20)35-19-28(32)29-15-14-27-30-24-6-4-5-7-25(24)31(27)16-17-34-23-12-10-22(33-3)11-13-23/h4-13,18H,14-17,19H2,1-3H3,(H,29,32). The second-order valence-corrected chi connectivity index (χ2v) is 8.35. The van der Waals surface area contributed by atoms with Crippen LogP contribution < -0.4 is 19.5 Å². The van der Waals surface area contributed by atoms with Gasteiger partial charge in [0.15, 0.2) is 6.61 Å². The molecule has 0 unspecified atom stereocenters. The average molecular weight is 474 g/mol. The smallest absolute Gasteiger partial charge is 0.257 e. The number of methoxy groups -OCH3 is 1. The summed E-state index contributed by atoms with van der Waals surface area (Å²) in [4.78, 5) is 17.1. The molecule has 0 aliphatic heterocycles. The van der Waals surface area contributed by atoms with E-state index in [1.54, 1.807) is 7.11 Å². The van der Waals surface area contributed by atoms with Gasteiger partial charge in [0.2, 0.25) is 0 Å². The summed E-state index contributed by atoms with van der Waals surface area (Å²) in [5.74, 6) is 3.06. The first-order chi connectivity index (χ1) is 17.0. The number of hydrogen-bond acceptors (Lipinski definition) is 5. The molecule has 1 amide bonds.